The summed E-state index contributed by atoms with van der Waals surface area (Å²) < 4.78 is 262. The molecule has 0 fully saturated rings. The van der Waals surface area contributed by atoms with E-state index in [1.165, 1.54) is 0 Å². The second kappa shape index (κ2) is 10.6. The SMILES string of the molecule is [2H]c1c([2H])c([2H])c(-c2oc3c(c([2H])c([2H])c4c3oc3c([2H])c([2H])c([2H])c(-c5c6c([2H])c([2H])c([2H])c([2H])c6c(-c6c([2H])c([2H])c([2H])c([2H])c6[2H])c6c([2H])c([2H])c([2H])c([2H])c56)c34)c2-c2c([2H])c([2H])c([2H])c([2H])c2[2H])c([2H])c1[2H]. The topological polar surface area (TPSA) is 26.3 Å². The summed E-state index contributed by atoms with van der Waals surface area (Å²) in [6.07, 6.45) is 0. The van der Waals surface area contributed by atoms with E-state index in [0.717, 1.165) is 0 Å². The predicted molar refractivity (Wildman–Crippen MR) is 200 cm³/mol. The maximum absolute atomic E-state index is 9.71. The predicted octanol–water partition coefficient (Wildman–Crippen LogP) is 13.3. The van der Waals surface area contributed by atoms with Gasteiger partial charge >= 0.3 is 0 Å². The van der Waals surface area contributed by atoms with Gasteiger partial charge in [0, 0.05) is 27.3 Å². The summed E-state index contributed by atoms with van der Waals surface area (Å²) >= 11 is 0. The molecule has 0 N–H and O–H groups in total. The van der Waals surface area contributed by atoms with E-state index in [1.807, 2.05) is 0 Å². The molecule has 224 valence electrons. The molecule has 10 aromatic rings. The Bertz CT molecular complexity index is 4270. The molecule has 10 rings (SSSR count). The van der Waals surface area contributed by atoms with Crippen LogP contribution in [0, 0.1) is 0 Å². The largest absolute Gasteiger partial charge is 0.452 e. The Balaban J connectivity index is 1.53. The van der Waals surface area contributed by atoms with Crippen molar-refractivity contribution in [1.29, 1.82) is 0 Å². The fraction of sp³-hybridized carbons (Fsp3) is 0. The van der Waals surface area contributed by atoms with Crippen LogP contribution in [0.25, 0.3) is 99.2 Å². The average Bonchev–Trinajstić information content (AvgIpc) is 4.13. The van der Waals surface area contributed by atoms with E-state index < -0.39 is 268 Å². The molecule has 0 spiro atoms. The van der Waals surface area contributed by atoms with Gasteiger partial charge in [0.05, 0.1) is 38.4 Å². The fourth-order valence-corrected chi connectivity index (χ4v) is 5.93. The zero-order valence-corrected chi connectivity index (χ0v) is 23.8. The lowest BCUT2D eigenvalue weighted by atomic mass is 9.85. The summed E-state index contributed by atoms with van der Waals surface area (Å²) in [4.78, 5) is 0. The molecule has 0 amide bonds. The van der Waals surface area contributed by atoms with E-state index in [1.54, 1.807) is 0 Å². The van der Waals surface area contributed by atoms with Crippen molar-refractivity contribution in [2.75, 3.05) is 0 Å². The molecule has 8 aromatic carbocycles. The molecule has 0 unspecified atom stereocenters. The highest BCUT2D eigenvalue weighted by Gasteiger charge is 2.24. The molecule has 0 saturated heterocycles. The van der Waals surface area contributed by atoms with Crippen LogP contribution in [0.3, 0.4) is 0 Å². The Hall–Kier alpha value is -6.38. The minimum absolute atomic E-state index is 0.593. The normalized spacial score (nSPS) is 19.9. The van der Waals surface area contributed by atoms with Crippen molar-refractivity contribution >= 4 is 54.5 Å². The second-order valence-corrected chi connectivity index (χ2v) is 10.3. The minimum atomic E-state index is -0.997. The van der Waals surface area contributed by atoms with Gasteiger partial charge in [0.2, 0.25) is 0 Å². The molecule has 0 atom stereocenters. The maximum Gasteiger partial charge on any atom is 0.178 e. The minimum Gasteiger partial charge on any atom is -0.452 e. The molecule has 0 aliphatic heterocycles. The smallest absolute Gasteiger partial charge is 0.178 e. The Morgan fingerprint density at radius 1 is 0.333 bits per heavy atom. The summed E-state index contributed by atoms with van der Waals surface area (Å²) in [5.74, 6) is -0.785. The lowest BCUT2D eigenvalue weighted by molar-refractivity contribution is 0.612. The lowest BCUT2D eigenvalue weighted by Crippen LogP contribution is -1.91. The van der Waals surface area contributed by atoms with Gasteiger partial charge in [-0.25, -0.2) is 0 Å². The van der Waals surface area contributed by atoms with Gasteiger partial charge < -0.3 is 8.83 Å². The number of benzene rings is 8. The number of rotatable bonds is 4. The standard InChI is InChI=1S/C46H28O2/c1-4-15-29(16-5-1)40-32-21-10-12-23-34(32)42(35-24-13-11-22-33(35)40)36-25-14-26-39-43(36)38-28-27-37-41(30-17-6-2-7-18-30)44(31-19-8-3-9-20-31)48-46(37)45(38)47-39/h1-28H/i1D,2D,3D,4D,5D,6D,7D,8D,9D,10D,11D,12D,13D,14D,15D,16D,17D,18D,19D,20D,21D,22D,23D,24D,25D,26D,27D,28D. The van der Waals surface area contributed by atoms with Gasteiger partial charge in [0.15, 0.2) is 11.2 Å². The van der Waals surface area contributed by atoms with Crippen LogP contribution in [-0.4, -0.2) is 0 Å². The van der Waals surface area contributed by atoms with E-state index in [-0.39, 0.29) is 0 Å². The molecular formula is C46H28O2. The Kier molecular flexibility index (Phi) is 2.45. The zero-order valence-electron chi connectivity index (χ0n) is 51.8. The van der Waals surface area contributed by atoms with Gasteiger partial charge in [-0.15, -0.1) is 0 Å². The monoisotopic (exact) mass is 640 g/mol. The summed E-state index contributed by atoms with van der Waals surface area (Å²) in [6, 6.07) is -26.3. The van der Waals surface area contributed by atoms with Crippen molar-refractivity contribution in [2.24, 2.45) is 0 Å². The fourth-order valence-electron chi connectivity index (χ4n) is 5.93. The number of hydrogen-bond donors (Lipinski definition) is 0. The van der Waals surface area contributed by atoms with E-state index >= 15 is 0 Å². The molecule has 0 bridgehead atoms. The van der Waals surface area contributed by atoms with Gasteiger partial charge in [-0.05, 0) is 67.5 Å². The van der Waals surface area contributed by atoms with Gasteiger partial charge in [0.25, 0.3) is 0 Å². The average molecular weight is 641 g/mol. The molecular weight excluding hydrogens is 585 g/mol. The Morgan fingerprint density at radius 3 is 1.42 bits per heavy atom. The molecule has 0 aliphatic carbocycles. The van der Waals surface area contributed by atoms with Crippen LogP contribution in [-0.2, 0) is 0 Å². The highest BCUT2D eigenvalue weighted by Crippen LogP contribution is 2.49. The highest BCUT2D eigenvalue weighted by molar-refractivity contribution is 6.27. The van der Waals surface area contributed by atoms with Gasteiger partial charge in [0.1, 0.15) is 11.3 Å². The first-order valence-corrected chi connectivity index (χ1v) is 14.1. The van der Waals surface area contributed by atoms with Crippen molar-refractivity contribution in [2.45, 2.75) is 0 Å². The van der Waals surface area contributed by atoms with Crippen LogP contribution in [0.15, 0.2) is 178 Å². The quantitative estimate of drug-likeness (QED) is 0.179. The highest BCUT2D eigenvalue weighted by atomic mass is 16.4. The third-order valence-electron chi connectivity index (χ3n) is 7.80. The third-order valence-corrected chi connectivity index (χ3v) is 7.80. The molecule has 2 nitrogen and oxygen atoms in total. The van der Waals surface area contributed by atoms with Crippen LogP contribution in [0.5, 0.6) is 0 Å². The first-order valence-electron chi connectivity index (χ1n) is 28.1. The van der Waals surface area contributed by atoms with Crippen molar-refractivity contribution in [3.63, 3.8) is 0 Å². The van der Waals surface area contributed by atoms with Crippen LogP contribution in [0.4, 0.5) is 0 Å². The van der Waals surface area contributed by atoms with Crippen LogP contribution >= 0.6 is 0 Å². The van der Waals surface area contributed by atoms with Gasteiger partial charge in [-0.3, -0.25) is 0 Å². The first kappa shape index (κ1) is 11.1. The van der Waals surface area contributed by atoms with Crippen LogP contribution < -0.4 is 0 Å². The Labute approximate surface area is 316 Å². The molecule has 0 aliphatic rings. The lowest BCUT2D eigenvalue weighted by Gasteiger charge is -2.18. The molecule has 2 heteroatoms. The number of furan rings is 2. The molecule has 2 heterocycles. The van der Waals surface area contributed by atoms with Crippen molar-refractivity contribution in [1.82, 2.24) is 0 Å². The van der Waals surface area contributed by atoms with Crippen molar-refractivity contribution in [3.05, 3.63) is 169 Å². The third kappa shape index (κ3) is 3.93. The summed E-state index contributed by atoms with van der Waals surface area (Å²) in [5, 5.41) is -4.63. The van der Waals surface area contributed by atoms with Crippen LogP contribution in [0.2, 0.25) is 0 Å². The zero-order chi connectivity index (χ0) is 56.0. The van der Waals surface area contributed by atoms with Gasteiger partial charge in [-0.2, -0.15) is 0 Å². The van der Waals surface area contributed by atoms with Crippen molar-refractivity contribution < 1.29 is 47.2 Å². The maximum atomic E-state index is 9.71. The molecule has 2 aromatic heterocycles. The van der Waals surface area contributed by atoms with E-state index in [2.05, 4.69) is 0 Å². The Morgan fingerprint density at radius 2 is 0.812 bits per heavy atom. The van der Waals surface area contributed by atoms with Gasteiger partial charge in [-0.1, -0.05) is 151 Å². The van der Waals surface area contributed by atoms with Crippen LogP contribution in [0.1, 0.15) is 38.4 Å². The summed E-state index contributed by atoms with van der Waals surface area (Å²) in [7, 11) is 0. The first-order chi connectivity index (χ1) is 35.5. The second-order valence-electron chi connectivity index (χ2n) is 10.3. The molecule has 0 saturated carbocycles. The number of hydrogen-bond acceptors (Lipinski definition) is 2. The van der Waals surface area contributed by atoms with Crippen molar-refractivity contribution in [3.8, 4) is 44.7 Å². The summed E-state index contributed by atoms with van der Waals surface area (Å²) in [6.45, 7) is 0. The molecule has 0 radical (unpaired) electrons. The molecule has 48 heavy (non-hydrogen) atoms. The summed E-state index contributed by atoms with van der Waals surface area (Å²) in [5.41, 5.74) is -7.06. The van der Waals surface area contributed by atoms with E-state index in [9.17, 15) is 11.0 Å². The van der Waals surface area contributed by atoms with E-state index in [4.69, 9.17) is 36.2 Å². The number of fused-ring (bicyclic) bond motifs is 7. The van der Waals surface area contributed by atoms with E-state index in [0.29, 0.717) is 0 Å².